The molecule has 0 atom stereocenters. The molecule has 9 heteroatoms. The minimum absolute atomic E-state index is 0.303. The molecule has 1 aromatic heterocycles. The van der Waals surface area contributed by atoms with E-state index in [4.69, 9.17) is 12.2 Å². The highest BCUT2D eigenvalue weighted by molar-refractivity contribution is 7.89. The van der Waals surface area contributed by atoms with Crippen molar-refractivity contribution in [2.24, 2.45) is 5.10 Å². The molecule has 0 aliphatic heterocycles. The van der Waals surface area contributed by atoms with Gasteiger partial charge < -0.3 is 9.88 Å². The molecule has 0 unspecified atom stereocenters. The zero-order valence-corrected chi connectivity index (χ0v) is 22.5. The number of hydrazone groups is 1. The largest absolute Gasteiger partial charge is 0.347 e. The standard InChI is InChI=1S/C26H35N5O2S2/c1-5-15-31(16-6-2)35(32,33)22-13-14-25-23(17-22)21(19-30(25)8-4)18-27-29-26(34)28-24-12-10-9-11-20(24)7-3/h9-14,17-19H,5-8,15-16H2,1-4H3,(H2,28,29,34)/b27-18+. The number of anilines is 1. The van der Waals surface area contributed by atoms with Gasteiger partial charge in [-0.05, 0) is 68.2 Å². The molecular formula is C26H35N5O2S2. The molecule has 0 fully saturated rings. The molecule has 0 saturated carbocycles. The molecule has 7 nitrogen and oxygen atoms in total. The first-order valence-electron chi connectivity index (χ1n) is 12.2. The number of sulfonamides is 1. The third-order valence-electron chi connectivity index (χ3n) is 5.82. The molecule has 0 saturated heterocycles. The van der Waals surface area contributed by atoms with Crippen LogP contribution in [0.2, 0.25) is 0 Å². The fourth-order valence-electron chi connectivity index (χ4n) is 4.09. The smallest absolute Gasteiger partial charge is 0.243 e. The second kappa shape index (κ2) is 12.3. The van der Waals surface area contributed by atoms with Crippen LogP contribution in [0.15, 0.2) is 58.7 Å². The van der Waals surface area contributed by atoms with Gasteiger partial charge in [-0.2, -0.15) is 9.41 Å². The molecule has 35 heavy (non-hydrogen) atoms. The summed E-state index contributed by atoms with van der Waals surface area (Å²) in [5, 5.41) is 8.73. The predicted molar refractivity (Wildman–Crippen MR) is 150 cm³/mol. The summed E-state index contributed by atoms with van der Waals surface area (Å²) >= 11 is 5.40. The van der Waals surface area contributed by atoms with E-state index >= 15 is 0 Å². The van der Waals surface area contributed by atoms with E-state index in [1.807, 2.05) is 44.3 Å². The van der Waals surface area contributed by atoms with Crippen LogP contribution >= 0.6 is 12.2 Å². The molecule has 2 N–H and O–H groups in total. The first kappa shape index (κ1) is 26.8. The summed E-state index contributed by atoms with van der Waals surface area (Å²) in [6.07, 6.45) is 6.10. The molecule has 0 radical (unpaired) electrons. The van der Waals surface area contributed by atoms with Gasteiger partial charge in [0, 0.05) is 48.0 Å². The van der Waals surface area contributed by atoms with Crippen molar-refractivity contribution >= 4 is 50.2 Å². The number of hydrogen-bond donors (Lipinski definition) is 2. The molecule has 0 bridgehead atoms. The maximum Gasteiger partial charge on any atom is 0.243 e. The van der Waals surface area contributed by atoms with Crippen LogP contribution in [0.3, 0.4) is 0 Å². The van der Waals surface area contributed by atoms with Crippen molar-refractivity contribution < 1.29 is 8.42 Å². The summed E-state index contributed by atoms with van der Waals surface area (Å²) in [5.74, 6) is 0. The number of nitrogens with zero attached hydrogens (tertiary/aromatic N) is 3. The lowest BCUT2D eigenvalue weighted by Gasteiger charge is -2.21. The highest BCUT2D eigenvalue weighted by Gasteiger charge is 2.24. The van der Waals surface area contributed by atoms with Crippen molar-refractivity contribution in [1.82, 2.24) is 14.3 Å². The lowest BCUT2D eigenvalue weighted by atomic mass is 10.1. The van der Waals surface area contributed by atoms with Crippen LogP contribution < -0.4 is 10.7 Å². The van der Waals surface area contributed by atoms with Crippen molar-refractivity contribution in [2.45, 2.75) is 58.4 Å². The maximum atomic E-state index is 13.3. The summed E-state index contributed by atoms with van der Waals surface area (Å²) in [5.41, 5.74) is 6.77. The van der Waals surface area contributed by atoms with Crippen molar-refractivity contribution in [2.75, 3.05) is 18.4 Å². The van der Waals surface area contributed by atoms with Crippen LogP contribution in [0.5, 0.6) is 0 Å². The number of thiocarbonyl (C=S) groups is 1. The normalized spacial score (nSPS) is 12.0. The number of aryl methyl sites for hydroxylation is 2. The Kier molecular flexibility index (Phi) is 9.42. The average molecular weight is 514 g/mol. The SMILES string of the molecule is CCCN(CCC)S(=O)(=O)c1ccc2c(c1)c(/C=N/NC(=S)Nc1ccccc1CC)cn2CC. The second-order valence-electron chi connectivity index (χ2n) is 8.29. The molecular weight excluding hydrogens is 478 g/mol. The van der Waals surface area contributed by atoms with Gasteiger partial charge in [0.1, 0.15) is 0 Å². The van der Waals surface area contributed by atoms with Crippen LogP contribution in [0.4, 0.5) is 5.69 Å². The van der Waals surface area contributed by atoms with E-state index in [-0.39, 0.29) is 0 Å². The van der Waals surface area contributed by atoms with Gasteiger partial charge in [0.25, 0.3) is 0 Å². The van der Waals surface area contributed by atoms with Crippen molar-refractivity contribution in [3.05, 3.63) is 59.8 Å². The number of rotatable bonds is 11. The summed E-state index contributed by atoms with van der Waals surface area (Å²) < 4.78 is 30.3. The van der Waals surface area contributed by atoms with E-state index in [0.717, 1.165) is 48.0 Å². The van der Waals surface area contributed by atoms with Crippen LogP contribution in [0.1, 0.15) is 51.7 Å². The summed E-state index contributed by atoms with van der Waals surface area (Å²) in [4.78, 5) is 0.303. The number of para-hydroxylation sites is 1. The molecule has 0 aliphatic carbocycles. The van der Waals surface area contributed by atoms with Gasteiger partial charge in [-0.1, -0.05) is 39.0 Å². The molecule has 2 aromatic carbocycles. The number of benzene rings is 2. The molecule has 0 spiro atoms. The van der Waals surface area contributed by atoms with E-state index < -0.39 is 10.0 Å². The lowest BCUT2D eigenvalue weighted by Crippen LogP contribution is -2.32. The monoisotopic (exact) mass is 513 g/mol. The van der Waals surface area contributed by atoms with E-state index in [2.05, 4.69) is 40.3 Å². The Morgan fingerprint density at radius 2 is 1.80 bits per heavy atom. The summed E-state index contributed by atoms with van der Waals surface area (Å²) in [7, 11) is -3.57. The maximum absolute atomic E-state index is 13.3. The molecule has 0 aliphatic rings. The summed E-state index contributed by atoms with van der Waals surface area (Å²) in [6, 6.07) is 13.3. The van der Waals surface area contributed by atoms with Crippen molar-refractivity contribution in [3.63, 3.8) is 0 Å². The van der Waals surface area contributed by atoms with Crippen molar-refractivity contribution in [1.29, 1.82) is 0 Å². The van der Waals surface area contributed by atoms with Gasteiger partial charge in [0.2, 0.25) is 10.0 Å². The average Bonchev–Trinajstić information content (AvgIpc) is 3.21. The zero-order chi connectivity index (χ0) is 25.4. The fraction of sp³-hybridized carbons (Fsp3) is 0.385. The van der Waals surface area contributed by atoms with Crippen LogP contribution in [0, 0.1) is 0 Å². The Morgan fingerprint density at radius 3 is 2.46 bits per heavy atom. The Bertz CT molecular complexity index is 1290. The Balaban J connectivity index is 1.86. The van der Waals surface area contributed by atoms with Gasteiger partial charge in [0.05, 0.1) is 11.1 Å². The minimum Gasteiger partial charge on any atom is -0.347 e. The molecule has 3 rings (SSSR count). The number of nitrogens with one attached hydrogen (secondary N) is 2. The fourth-order valence-corrected chi connectivity index (χ4v) is 5.90. The predicted octanol–water partition coefficient (Wildman–Crippen LogP) is 5.35. The Morgan fingerprint density at radius 1 is 1.09 bits per heavy atom. The molecule has 1 heterocycles. The molecule has 3 aromatic rings. The molecule has 0 amide bonds. The second-order valence-corrected chi connectivity index (χ2v) is 10.6. The third-order valence-corrected chi connectivity index (χ3v) is 7.91. The van der Waals surface area contributed by atoms with Gasteiger partial charge in [-0.15, -0.1) is 0 Å². The van der Waals surface area contributed by atoms with E-state index in [1.54, 1.807) is 22.7 Å². The number of aromatic nitrogens is 1. The molecule has 188 valence electrons. The van der Waals surface area contributed by atoms with Gasteiger partial charge >= 0.3 is 0 Å². The lowest BCUT2D eigenvalue weighted by molar-refractivity contribution is 0.410. The highest BCUT2D eigenvalue weighted by Crippen LogP contribution is 2.26. The van der Waals surface area contributed by atoms with E-state index in [0.29, 0.717) is 23.1 Å². The summed E-state index contributed by atoms with van der Waals surface area (Å²) in [6.45, 7) is 9.90. The number of fused-ring (bicyclic) bond motifs is 1. The van der Waals surface area contributed by atoms with Crippen LogP contribution in [-0.4, -0.2) is 41.7 Å². The van der Waals surface area contributed by atoms with Crippen LogP contribution in [-0.2, 0) is 23.0 Å². The number of hydrogen-bond acceptors (Lipinski definition) is 4. The topological polar surface area (TPSA) is 78.7 Å². The first-order valence-corrected chi connectivity index (χ1v) is 14.0. The minimum atomic E-state index is -3.57. The first-order chi connectivity index (χ1) is 16.8. The van der Waals surface area contributed by atoms with Gasteiger partial charge in [0.15, 0.2) is 5.11 Å². The zero-order valence-electron chi connectivity index (χ0n) is 20.9. The highest BCUT2D eigenvalue weighted by atomic mass is 32.2. The van der Waals surface area contributed by atoms with Crippen molar-refractivity contribution in [3.8, 4) is 0 Å². The van der Waals surface area contributed by atoms with E-state index in [1.165, 1.54) is 5.56 Å². The van der Waals surface area contributed by atoms with Crippen LogP contribution in [0.25, 0.3) is 10.9 Å². The van der Waals surface area contributed by atoms with Gasteiger partial charge in [-0.25, -0.2) is 8.42 Å². The van der Waals surface area contributed by atoms with E-state index in [9.17, 15) is 8.42 Å². The van der Waals surface area contributed by atoms with Gasteiger partial charge in [-0.3, -0.25) is 5.43 Å². The Labute approximate surface area is 214 Å². The third kappa shape index (κ3) is 6.28. The Hall–Kier alpha value is -2.75. The quantitative estimate of drug-likeness (QED) is 0.205.